The Kier molecular flexibility index (Phi) is 4.65. The molecular formula is C13H12BrClN2S. The molecule has 0 N–H and O–H groups in total. The molecule has 0 unspecified atom stereocenters. The number of benzene rings is 1. The fraction of sp³-hybridized carbons (Fsp3) is 0.231. The third kappa shape index (κ3) is 3.25. The van der Waals surface area contributed by atoms with Crippen LogP contribution in [-0.2, 0) is 6.42 Å². The van der Waals surface area contributed by atoms with Crippen LogP contribution in [0.3, 0.4) is 0 Å². The molecule has 1 heterocycles. The number of rotatable bonds is 3. The quantitative estimate of drug-likeness (QED) is 0.740. The van der Waals surface area contributed by atoms with Crippen molar-refractivity contribution in [2.24, 2.45) is 0 Å². The van der Waals surface area contributed by atoms with Crippen LogP contribution in [0.15, 0.2) is 38.7 Å². The van der Waals surface area contributed by atoms with Gasteiger partial charge < -0.3 is 0 Å². The monoisotopic (exact) mass is 342 g/mol. The van der Waals surface area contributed by atoms with Crippen LogP contribution in [0.5, 0.6) is 0 Å². The predicted molar refractivity (Wildman–Crippen MR) is 79.4 cm³/mol. The molecule has 0 bridgehead atoms. The average Bonchev–Trinajstić information content (AvgIpc) is 2.37. The molecule has 0 aliphatic heterocycles. The molecule has 2 rings (SSSR count). The Morgan fingerprint density at radius 2 is 1.89 bits per heavy atom. The summed E-state index contributed by atoms with van der Waals surface area (Å²) >= 11 is 11.2. The smallest absolute Gasteiger partial charge is 0.136 e. The van der Waals surface area contributed by atoms with E-state index in [0.717, 1.165) is 32.2 Å². The van der Waals surface area contributed by atoms with Crippen molar-refractivity contribution in [3.8, 4) is 0 Å². The molecule has 0 spiro atoms. The lowest BCUT2D eigenvalue weighted by Crippen LogP contribution is -1.98. The van der Waals surface area contributed by atoms with Crippen LogP contribution in [0.4, 0.5) is 0 Å². The zero-order chi connectivity index (χ0) is 13.1. The van der Waals surface area contributed by atoms with Crippen molar-refractivity contribution < 1.29 is 0 Å². The highest BCUT2D eigenvalue weighted by atomic mass is 79.9. The Hall–Kier alpha value is -0.580. The van der Waals surface area contributed by atoms with E-state index in [0.29, 0.717) is 5.15 Å². The molecule has 0 amide bonds. The first kappa shape index (κ1) is 13.8. The lowest BCUT2D eigenvalue weighted by Gasteiger charge is -2.08. The van der Waals surface area contributed by atoms with Crippen LogP contribution >= 0.6 is 39.3 Å². The maximum absolute atomic E-state index is 6.12. The van der Waals surface area contributed by atoms with Crippen molar-refractivity contribution in [3.05, 3.63) is 45.3 Å². The van der Waals surface area contributed by atoms with Crippen LogP contribution in [-0.4, -0.2) is 9.97 Å². The van der Waals surface area contributed by atoms with Crippen LogP contribution in [0.1, 0.15) is 18.3 Å². The van der Waals surface area contributed by atoms with Gasteiger partial charge in [0.15, 0.2) is 0 Å². The number of aryl methyl sites for hydroxylation is 1. The van der Waals surface area contributed by atoms with Crippen molar-refractivity contribution in [3.63, 3.8) is 0 Å². The van der Waals surface area contributed by atoms with E-state index in [-0.39, 0.29) is 0 Å². The van der Waals surface area contributed by atoms with E-state index in [1.54, 1.807) is 11.8 Å². The van der Waals surface area contributed by atoms with Crippen molar-refractivity contribution in [1.82, 2.24) is 9.97 Å². The third-order valence-electron chi connectivity index (χ3n) is 2.43. The zero-order valence-electron chi connectivity index (χ0n) is 10.1. The summed E-state index contributed by atoms with van der Waals surface area (Å²) in [6.07, 6.45) is 0.786. The fourth-order valence-corrected chi connectivity index (χ4v) is 2.79. The summed E-state index contributed by atoms with van der Waals surface area (Å²) in [7, 11) is 0. The molecule has 2 nitrogen and oxygen atoms in total. The summed E-state index contributed by atoms with van der Waals surface area (Å²) in [5.74, 6) is 0.783. The van der Waals surface area contributed by atoms with Crippen molar-refractivity contribution in [2.45, 2.75) is 30.2 Å². The predicted octanol–water partition coefficient (Wildman–Crippen LogP) is 4.91. The lowest BCUT2D eigenvalue weighted by atomic mass is 10.3. The van der Waals surface area contributed by atoms with Crippen LogP contribution in [0.2, 0.25) is 5.15 Å². The topological polar surface area (TPSA) is 25.8 Å². The molecule has 0 radical (unpaired) electrons. The van der Waals surface area contributed by atoms with Gasteiger partial charge in [0.2, 0.25) is 0 Å². The van der Waals surface area contributed by atoms with Gasteiger partial charge in [-0.15, -0.1) is 0 Å². The number of halogens is 2. The molecule has 0 aliphatic carbocycles. The standard InChI is InChI=1S/C13H12BrClN2S/c1-3-11-16-12(15)8(2)13(17-11)18-10-6-4-9(14)5-7-10/h4-7H,3H2,1-2H3. The molecule has 18 heavy (non-hydrogen) atoms. The highest BCUT2D eigenvalue weighted by Gasteiger charge is 2.10. The number of hydrogen-bond donors (Lipinski definition) is 0. The van der Waals surface area contributed by atoms with Gasteiger partial charge in [-0.2, -0.15) is 0 Å². The van der Waals surface area contributed by atoms with Crippen molar-refractivity contribution >= 4 is 39.3 Å². The molecule has 1 aromatic carbocycles. The fourth-order valence-electron chi connectivity index (χ4n) is 1.38. The molecule has 0 atom stereocenters. The minimum absolute atomic E-state index is 0.543. The summed E-state index contributed by atoms with van der Waals surface area (Å²) in [5, 5.41) is 1.47. The Labute approximate surface area is 124 Å². The summed E-state index contributed by atoms with van der Waals surface area (Å²) < 4.78 is 1.07. The maximum atomic E-state index is 6.12. The Bertz CT molecular complexity index is 558. The van der Waals surface area contributed by atoms with Gasteiger partial charge >= 0.3 is 0 Å². The van der Waals surface area contributed by atoms with Gasteiger partial charge in [0.1, 0.15) is 16.0 Å². The zero-order valence-corrected chi connectivity index (χ0v) is 13.2. The van der Waals surface area contributed by atoms with Gasteiger partial charge in [-0.3, -0.25) is 0 Å². The minimum Gasteiger partial charge on any atom is -0.226 e. The largest absolute Gasteiger partial charge is 0.226 e. The van der Waals surface area contributed by atoms with E-state index in [9.17, 15) is 0 Å². The number of hydrogen-bond acceptors (Lipinski definition) is 3. The molecule has 0 saturated carbocycles. The van der Waals surface area contributed by atoms with Crippen LogP contribution < -0.4 is 0 Å². The van der Waals surface area contributed by atoms with Gasteiger partial charge in [0.25, 0.3) is 0 Å². The first-order valence-electron chi connectivity index (χ1n) is 5.56. The molecule has 0 saturated heterocycles. The molecule has 1 aromatic heterocycles. The molecular weight excluding hydrogens is 332 g/mol. The molecule has 94 valence electrons. The first-order chi connectivity index (χ1) is 8.60. The summed E-state index contributed by atoms with van der Waals surface area (Å²) in [4.78, 5) is 9.90. The lowest BCUT2D eigenvalue weighted by molar-refractivity contribution is 0.872. The SMILES string of the molecule is CCc1nc(Cl)c(C)c(Sc2ccc(Br)cc2)n1. The van der Waals surface area contributed by atoms with Gasteiger partial charge in [-0.1, -0.05) is 46.2 Å². The van der Waals surface area contributed by atoms with Gasteiger partial charge in [0, 0.05) is 21.4 Å². The van der Waals surface area contributed by atoms with E-state index in [1.165, 1.54) is 0 Å². The van der Waals surface area contributed by atoms with Crippen LogP contribution in [0.25, 0.3) is 0 Å². The van der Waals surface area contributed by atoms with Gasteiger partial charge in [-0.05, 0) is 31.2 Å². The van der Waals surface area contributed by atoms with E-state index < -0.39 is 0 Å². The first-order valence-corrected chi connectivity index (χ1v) is 7.55. The molecule has 2 aromatic rings. The van der Waals surface area contributed by atoms with Crippen molar-refractivity contribution in [2.75, 3.05) is 0 Å². The second-order valence-corrected chi connectivity index (χ2v) is 6.11. The van der Waals surface area contributed by atoms with E-state index >= 15 is 0 Å². The van der Waals surface area contributed by atoms with Gasteiger partial charge in [-0.25, -0.2) is 9.97 Å². The molecule has 0 fully saturated rings. The van der Waals surface area contributed by atoms with Gasteiger partial charge in [0.05, 0.1) is 0 Å². The summed E-state index contributed by atoms with van der Waals surface area (Å²) in [6, 6.07) is 8.13. The van der Waals surface area contributed by atoms with Crippen LogP contribution in [0, 0.1) is 6.92 Å². The average molecular weight is 344 g/mol. The Balaban J connectivity index is 2.33. The van der Waals surface area contributed by atoms with Crippen molar-refractivity contribution in [1.29, 1.82) is 0 Å². The number of nitrogens with zero attached hydrogens (tertiary/aromatic N) is 2. The van der Waals surface area contributed by atoms with E-state index in [1.807, 2.05) is 26.0 Å². The normalized spacial score (nSPS) is 10.7. The van der Waals surface area contributed by atoms with E-state index in [4.69, 9.17) is 11.6 Å². The maximum Gasteiger partial charge on any atom is 0.136 e. The molecule has 0 aliphatic rings. The Morgan fingerprint density at radius 1 is 1.22 bits per heavy atom. The minimum atomic E-state index is 0.543. The second kappa shape index (κ2) is 6.04. The highest BCUT2D eigenvalue weighted by Crippen LogP contribution is 2.31. The third-order valence-corrected chi connectivity index (χ3v) is 4.43. The second-order valence-electron chi connectivity index (χ2n) is 3.77. The Morgan fingerprint density at radius 3 is 2.50 bits per heavy atom. The summed E-state index contributed by atoms with van der Waals surface area (Å²) in [6.45, 7) is 3.97. The number of aromatic nitrogens is 2. The van der Waals surface area contributed by atoms with E-state index in [2.05, 4.69) is 38.0 Å². The summed E-state index contributed by atoms with van der Waals surface area (Å²) in [5.41, 5.74) is 0.932. The molecule has 5 heteroatoms. The highest BCUT2D eigenvalue weighted by molar-refractivity contribution is 9.10.